The maximum atomic E-state index is 12.6. The SMILES string of the molecule is CCCCCCCCCCCCC(C)C(=O)C(=O)C[C@@H](CCCC)C(=O)NCC(=O)OC(C)(C)C. The van der Waals surface area contributed by atoms with Crippen molar-refractivity contribution in [3.8, 4) is 0 Å². The van der Waals surface area contributed by atoms with Gasteiger partial charge in [0.1, 0.15) is 12.1 Å². The van der Waals surface area contributed by atoms with Gasteiger partial charge in [0, 0.05) is 18.3 Å². The van der Waals surface area contributed by atoms with E-state index in [2.05, 4.69) is 12.2 Å². The number of rotatable bonds is 21. The van der Waals surface area contributed by atoms with E-state index >= 15 is 0 Å². The second-order valence-electron chi connectivity index (χ2n) is 11.0. The van der Waals surface area contributed by atoms with Gasteiger partial charge in [-0.1, -0.05) is 97.8 Å². The lowest BCUT2D eigenvalue weighted by atomic mass is 9.89. The third-order valence-corrected chi connectivity index (χ3v) is 6.25. The number of carbonyl (C=O) groups excluding carboxylic acids is 4. The van der Waals surface area contributed by atoms with E-state index < -0.39 is 23.3 Å². The van der Waals surface area contributed by atoms with Crippen LogP contribution in [0.4, 0.5) is 0 Å². The maximum absolute atomic E-state index is 12.6. The van der Waals surface area contributed by atoms with Crippen molar-refractivity contribution in [2.45, 2.75) is 143 Å². The highest BCUT2D eigenvalue weighted by molar-refractivity contribution is 6.38. The molecule has 1 unspecified atom stereocenters. The van der Waals surface area contributed by atoms with Crippen molar-refractivity contribution < 1.29 is 23.9 Å². The zero-order chi connectivity index (χ0) is 26.7. The minimum absolute atomic E-state index is 0.0959. The Morgan fingerprint density at radius 3 is 1.77 bits per heavy atom. The first-order chi connectivity index (χ1) is 16.5. The molecule has 0 heterocycles. The Morgan fingerprint density at radius 2 is 1.26 bits per heavy atom. The van der Waals surface area contributed by atoms with E-state index in [1.54, 1.807) is 20.8 Å². The summed E-state index contributed by atoms with van der Waals surface area (Å²) in [7, 11) is 0. The highest BCUT2D eigenvalue weighted by Gasteiger charge is 2.28. The van der Waals surface area contributed by atoms with Gasteiger partial charge in [-0.15, -0.1) is 0 Å². The lowest BCUT2D eigenvalue weighted by Gasteiger charge is -2.20. The van der Waals surface area contributed by atoms with Crippen LogP contribution in [0.5, 0.6) is 0 Å². The van der Waals surface area contributed by atoms with Crippen LogP contribution in [-0.2, 0) is 23.9 Å². The van der Waals surface area contributed by atoms with E-state index in [1.165, 1.54) is 51.4 Å². The molecule has 0 saturated carbocycles. The Kier molecular flexibility index (Phi) is 18.5. The molecule has 1 amide bonds. The number of ketones is 2. The Morgan fingerprint density at radius 1 is 0.743 bits per heavy atom. The van der Waals surface area contributed by atoms with Crippen LogP contribution in [0.15, 0.2) is 0 Å². The molecular formula is C29H53NO5. The third kappa shape index (κ3) is 18.2. The fourth-order valence-corrected chi connectivity index (χ4v) is 4.13. The first kappa shape index (κ1) is 33.3. The number of ether oxygens (including phenoxy) is 1. The topological polar surface area (TPSA) is 89.5 Å². The van der Waals surface area contributed by atoms with Crippen molar-refractivity contribution in [2.75, 3.05) is 6.54 Å². The van der Waals surface area contributed by atoms with Crippen molar-refractivity contribution in [2.24, 2.45) is 11.8 Å². The molecule has 0 bridgehead atoms. The molecule has 0 aliphatic heterocycles. The summed E-state index contributed by atoms with van der Waals surface area (Å²) in [6.45, 7) is 11.1. The van der Waals surface area contributed by atoms with E-state index in [1.807, 2.05) is 13.8 Å². The monoisotopic (exact) mass is 495 g/mol. The smallest absolute Gasteiger partial charge is 0.325 e. The van der Waals surface area contributed by atoms with Crippen LogP contribution in [0.1, 0.15) is 138 Å². The average Bonchev–Trinajstić information content (AvgIpc) is 2.79. The molecule has 0 aliphatic carbocycles. The van der Waals surface area contributed by atoms with Crippen molar-refractivity contribution in [1.82, 2.24) is 5.32 Å². The number of unbranched alkanes of at least 4 members (excludes halogenated alkanes) is 10. The van der Waals surface area contributed by atoms with Gasteiger partial charge in [-0.25, -0.2) is 0 Å². The number of Topliss-reactive ketones (excluding diaryl/α,β-unsaturated/α-hetero) is 2. The molecule has 0 aromatic carbocycles. The molecule has 0 aliphatic rings. The van der Waals surface area contributed by atoms with Crippen LogP contribution in [0.2, 0.25) is 0 Å². The predicted octanol–water partition coefficient (Wildman–Crippen LogP) is 6.73. The summed E-state index contributed by atoms with van der Waals surface area (Å²) < 4.78 is 5.21. The lowest BCUT2D eigenvalue weighted by Crippen LogP contribution is -2.39. The maximum Gasteiger partial charge on any atom is 0.325 e. The second-order valence-corrected chi connectivity index (χ2v) is 11.0. The van der Waals surface area contributed by atoms with E-state index in [-0.39, 0.29) is 30.6 Å². The first-order valence-corrected chi connectivity index (χ1v) is 14.1. The first-order valence-electron chi connectivity index (χ1n) is 14.1. The molecule has 0 fully saturated rings. The number of carbonyl (C=O) groups is 4. The number of nitrogens with one attached hydrogen (secondary N) is 1. The molecule has 204 valence electrons. The van der Waals surface area contributed by atoms with Gasteiger partial charge in [0.05, 0.1) is 0 Å². The molecule has 0 aromatic rings. The molecular weight excluding hydrogens is 442 g/mol. The molecule has 2 atom stereocenters. The number of hydrogen-bond donors (Lipinski definition) is 1. The standard InChI is InChI=1S/C29H53NO5/c1-7-9-11-12-13-14-15-16-17-18-19-23(3)27(33)25(31)21-24(20-10-8-2)28(34)30-22-26(32)35-29(4,5)6/h23-24H,7-22H2,1-6H3,(H,30,34)/t23?,24-/m1/s1. The Bertz CT molecular complexity index is 623. The van der Waals surface area contributed by atoms with Crippen LogP contribution in [0.25, 0.3) is 0 Å². The van der Waals surface area contributed by atoms with Gasteiger partial charge in [-0.3, -0.25) is 19.2 Å². The van der Waals surface area contributed by atoms with Crippen LogP contribution in [0, 0.1) is 11.8 Å². The average molecular weight is 496 g/mol. The fraction of sp³-hybridized carbons (Fsp3) is 0.862. The molecule has 35 heavy (non-hydrogen) atoms. The quantitative estimate of drug-likeness (QED) is 0.108. The summed E-state index contributed by atoms with van der Waals surface area (Å²) in [5.74, 6) is -2.65. The number of hydrogen-bond acceptors (Lipinski definition) is 5. The second kappa shape index (κ2) is 19.5. The molecule has 0 spiro atoms. The van der Waals surface area contributed by atoms with E-state index in [4.69, 9.17) is 4.74 Å². The molecule has 0 aromatic heterocycles. The highest BCUT2D eigenvalue weighted by Crippen LogP contribution is 2.19. The molecule has 6 nitrogen and oxygen atoms in total. The summed E-state index contributed by atoms with van der Waals surface area (Å²) in [4.78, 5) is 49.8. The van der Waals surface area contributed by atoms with E-state index in [0.29, 0.717) is 12.8 Å². The largest absolute Gasteiger partial charge is 0.459 e. The van der Waals surface area contributed by atoms with Crippen molar-refractivity contribution in [3.63, 3.8) is 0 Å². The summed E-state index contributed by atoms with van der Waals surface area (Å²) in [6.07, 6.45) is 15.1. The van der Waals surface area contributed by atoms with Crippen LogP contribution >= 0.6 is 0 Å². The molecule has 0 saturated heterocycles. The van der Waals surface area contributed by atoms with Crippen LogP contribution in [-0.4, -0.2) is 35.6 Å². The molecule has 0 rings (SSSR count). The zero-order valence-electron chi connectivity index (χ0n) is 23.5. The summed E-state index contributed by atoms with van der Waals surface area (Å²) in [6, 6.07) is 0. The van der Waals surface area contributed by atoms with Gasteiger partial charge >= 0.3 is 5.97 Å². The summed E-state index contributed by atoms with van der Waals surface area (Å²) in [5, 5.41) is 2.58. The predicted molar refractivity (Wildman–Crippen MR) is 142 cm³/mol. The van der Waals surface area contributed by atoms with Crippen LogP contribution in [0.3, 0.4) is 0 Å². The van der Waals surface area contributed by atoms with Gasteiger partial charge in [-0.2, -0.15) is 0 Å². The van der Waals surface area contributed by atoms with Gasteiger partial charge in [0.2, 0.25) is 11.7 Å². The molecule has 0 radical (unpaired) electrons. The third-order valence-electron chi connectivity index (χ3n) is 6.25. The van der Waals surface area contributed by atoms with Crippen molar-refractivity contribution >= 4 is 23.4 Å². The van der Waals surface area contributed by atoms with Crippen molar-refractivity contribution in [3.05, 3.63) is 0 Å². The Hall–Kier alpha value is -1.72. The molecule has 6 heteroatoms. The summed E-state index contributed by atoms with van der Waals surface area (Å²) in [5.41, 5.74) is -0.629. The summed E-state index contributed by atoms with van der Waals surface area (Å²) >= 11 is 0. The van der Waals surface area contributed by atoms with Gasteiger partial charge in [-0.05, 0) is 33.6 Å². The minimum atomic E-state index is -0.629. The Balaban J connectivity index is 4.40. The Labute approximate surface area is 214 Å². The van der Waals surface area contributed by atoms with Crippen LogP contribution < -0.4 is 5.32 Å². The number of esters is 1. The van der Waals surface area contributed by atoms with Gasteiger partial charge in [0.15, 0.2) is 5.78 Å². The minimum Gasteiger partial charge on any atom is -0.459 e. The van der Waals surface area contributed by atoms with Gasteiger partial charge in [0.25, 0.3) is 0 Å². The zero-order valence-corrected chi connectivity index (χ0v) is 23.5. The normalized spacial score (nSPS) is 13.2. The van der Waals surface area contributed by atoms with Gasteiger partial charge < -0.3 is 10.1 Å². The molecule has 1 N–H and O–H groups in total. The van der Waals surface area contributed by atoms with Crippen molar-refractivity contribution in [1.29, 1.82) is 0 Å². The van der Waals surface area contributed by atoms with E-state index in [0.717, 1.165) is 25.7 Å². The highest BCUT2D eigenvalue weighted by atomic mass is 16.6. The fourth-order valence-electron chi connectivity index (χ4n) is 4.13. The number of amides is 1. The van der Waals surface area contributed by atoms with E-state index in [9.17, 15) is 19.2 Å². The lowest BCUT2D eigenvalue weighted by molar-refractivity contribution is -0.154.